The Balaban J connectivity index is 1.56. The maximum Gasteiger partial charge on any atom is 0.250 e. The van der Waals surface area contributed by atoms with Crippen molar-refractivity contribution in [1.82, 2.24) is 5.32 Å². The van der Waals surface area contributed by atoms with E-state index >= 15 is 0 Å². The van der Waals surface area contributed by atoms with E-state index in [-0.39, 0.29) is 24.9 Å². The molecule has 2 aliphatic rings. The van der Waals surface area contributed by atoms with Crippen LogP contribution < -0.4 is 11.1 Å². The monoisotopic (exact) mass is 360 g/mol. The van der Waals surface area contributed by atoms with Crippen molar-refractivity contribution in [3.63, 3.8) is 0 Å². The number of halogens is 2. The second kappa shape index (κ2) is 8.09. The van der Waals surface area contributed by atoms with Crippen LogP contribution in [0.4, 0.5) is 8.78 Å². The number of nitrogens with two attached hydrogens (primary N) is 1. The molecule has 1 unspecified atom stereocenters. The lowest BCUT2D eigenvalue weighted by Gasteiger charge is -2.31. The van der Waals surface area contributed by atoms with Crippen molar-refractivity contribution in [3.05, 3.63) is 41.1 Å². The number of hydrogen-bond acceptors (Lipinski definition) is 3. The van der Waals surface area contributed by atoms with Gasteiger partial charge < -0.3 is 15.8 Å². The minimum Gasteiger partial charge on any atom is -0.397 e. The van der Waals surface area contributed by atoms with E-state index in [9.17, 15) is 8.78 Å². The molecule has 1 saturated heterocycles. The summed E-state index contributed by atoms with van der Waals surface area (Å²) in [5, 5.41) is 3.25. The van der Waals surface area contributed by atoms with Crippen molar-refractivity contribution >= 4 is 5.70 Å². The second-order valence-corrected chi connectivity index (χ2v) is 7.26. The third kappa shape index (κ3) is 4.98. The third-order valence-electron chi connectivity index (χ3n) is 4.93. The first-order valence-electron chi connectivity index (χ1n) is 9.24. The van der Waals surface area contributed by atoms with E-state index in [4.69, 9.17) is 10.5 Å². The van der Waals surface area contributed by atoms with Crippen molar-refractivity contribution in [2.45, 2.75) is 51.1 Å². The molecule has 0 bridgehead atoms. The van der Waals surface area contributed by atoms with E-state index in [1.807, 2.05) is 31.3 Å². The zero-order valence-corrected chi connectivity index (χ0v) is 15.2. The summed E-state index contributed by atoms with van der Waals surface area (Å²) in [4.78, 5) is 0. The lowest BCUT2D eigenvalue weighted by molar-refractivity contribution is -0.0936. The number of alkyl halides is 2. The molecule has 0 radical (unpaired) electrons. The Bertz CT molecular complexity index is 719. The maximum atomic E-state index is 12.8. The largest absolute Gasteiger partial charge is 0.397 e. The highest BCUT2D eigenvalue weighted by Gasteiger charge is 2.44. The second-order valence-electron chi connectivity index (χ2n) is 7.26. The normalized spacial score (nSPS) is 22.9. The molecule has 3 nitrogen and oxygen atoms in total. The summed E-state index contributed by atoms with van der Waals surface area (Å²) < 4.78 is 31.4. The summed E-state index contributed by atoms with van der Waals surface area (Å²) in [6.07, 6.45) is 5.28. The number of hydrogen-bond donors (Lipinski definition) is 2. The number of rotatable bonds is 4. The molecule has 1 atom stereocenters. The van der Waals surface area contributed by atoms with E-state index in [0.717, 1.165) is 42.7 Å². The summed E-state index contributed by atoms with van der Waals surface area (Å²) in [6, 6.07) is 5.76. The highest BCUT2D eigenvalue weighted by atomic mass is 19.3. The predicted octanol–water partition coefficient (Wildman–Crippen LogP) is 3.81. The molecular weight excluding hydrogens is 334 g/mol. The van der Waals surface area contributed by atoms with Gasteiger partial charge in [-0.05, 0) is 43.9 Å². The summed E-state index contributed by atoms with van der Waals surface area (Å²) in [5.74, 6) is 3.22. The highest BCUT2D eigenvalue weighted by Crippen LogP contribution is 2.41. The van der Waals surface area contributed by atoms with Crippen LogP contribution in [0, 0.1) is 24.7 Å². The lowest BCUT2D eigenvalue weighted by Crippen LogP contribution is -2.34. The molecule has 0 aromatic heterocycles. The molecule has 1 aromatic rings. The molecular formula is C21H26F2N2O. The van der Waals surface area contributed by atoms with Crippen LogP contribution in [0.15, 0.2) is 24.4 Å². The molecule has 2 fully saturated rings. The van der Waals surface area contributed by atoms with Gasteiger partial charge in [0.05, 0.1) is 11.8 Å². The van der Waals surface area contributed by atoms with Crippen molar-refractivity contribution < 1.29 is 13.5 Å². The summed E-state index contributed by atoms with van der Waals surface area (Å²) in [7, 11) is 0. The average Bonchev–Trinajstić information content (AvgIpc) is 2.59. The minimum atomic E-state index is -2.52. The Hall–Kier alpha value is -2.06. The highest BCUT2D eigenvalue weighted by molar-refractivity contribution is 5.66. The molecule has 0 amide bonds. The summed E-state index contributed by atoms with van der Waals surface area (Å²) in [5.41, 5.74) is 9.64. The molecule has 5 heteroatoms. The van der Waals surface area contributed by atoms with Gasteiger partial charge in [0.2, 0.25) is 0 Å². The van der Waals surface area contributed by atoms with Crippen LogP contribution >= 0.6 is 0 Å². The van der Waals surface area contributed by atoms with Gasteiger partial charge >= 0.3 is 0 Å². The Morgan fingerprint density at radius 1 is 1.38 bits per heavy atom. The average molecular weight is 360 g/mol. The molecule has 26 heavy (non-hydrogen) atoms. The number of aryl methyl sites for hydroxylation is 1. The fourth-order valence-electron chi connectivity index (χ4n) is 3.36. The van der Waals surface area contributed by atoms with Crippen molar-refractivity contribution in [2.75, 3.05) is 13.2 Å². The van der Waals surface area contributed by atoms with Crippen molar-refractivity contribution in [1.29, 1.82) is 0 Å². The van der Waals surface area contributed by atoms with E-state index in [0.29, 0.717) is 5.70 Å². The Morgan fingerprint density at radius 2 is 2.19 bits per heavy atom. The fourth-order valence-corrected chi connectivity index (χ4v) is 3.36. The number of ether oxygens (including phenoxy) is 1. The zero-order valence-electron chi connectivity index (χ0n) is 15.2. The van der Waals surface area contributed by atoms with Gasteiger partial charge in [0, 0.05) is 49.2 Å². The van der Waals surface area contributed by atoms with Crippen LogP contribution in [0.25, 0.3) is 5.70 Å². The van der Waals surface area contributed by atoms with E-state index in [1.165, 1.54) is 6.42 Å². The first-order chi connectivity index (χ1) is 12.4. The third-order valence-corrected chi connectivity index (χ3v) is 4.93. The molecule has 140 valence electrons. The molecule has 1 heterocycles. The van der Waals surface area contributed by atoms with Gasteiger partial charge in [0.1, 0.15) is 0 Å². The minimum absolute atomic E-state index is 0.122. The lowest BCUT2D eigenvalue weighted by atomic mass is 9.82. The topological polar surface area (TPSA) is 47.3 Å². The zero-order chi connectivity index (χ0) is 18.6. The first-order valence-corrected chi connectivity index (χ1v) is 9.24. The SMILES string of the molecule is Cc1cc(C#CC2CC(F)(F)C2)ccc1/C(N)=C/NCC1CCCCO1. The van der Waals surface area contributed by atoms with Gasteiger partial charge in [0.25, 0.3) is 5.92 Å². The Labute approximate surface area is 154 Å². The van der Waals surface area contributed by atoms with Gasteiger partial charge in [-0.3, -0.25) is 0 Å². The Morgan fingerprint density at radius 3 is 2.85 bits per heavy atom. The van der Waals surface area contributed by atoms with Crippen molar-refractivity contribution in [3.8, 4) is 11.8 Å². The van der Waals surface area contributed by atoms with Crippen LogP contribution in [0.3, 0.4) is 0 Å². The predicted molar refractivity (Wildman–Crippen MR) is 99.5 cm³/mol. The number of nitrogens with one attached hydrogen (secondary N) is 1. The van der Waals surface area contributed by atoms with Gasteiger partial charge in [-0.15, -0.1) is 0 Å². The van der Waals surface area contributed by atoms with Crippen molar-refractivity contribution in [2.24, 2.45) is 11.7 Å². The Kier molecular flexibility index (Phi) is 5.83. The van der Waals surface area contributed by atoms with Crippen LogP contribution in [0.2, 0.25) is 0 Å². The van der Waals surface area contributed by atoms with Crippen LogP contribution in [0.5, 0.6) is 0 Å². The van der Waals surface area contributed by atoms with Crippen LogP contribution in [0.1, 0.15) is 48.8 Å². The van der Waals surface area contributed by atoms with E-state index < -0.39 is 5.92 Å². The standard InChI is InChI=1S/C21H26F2N2O/c1-15-10-16(5-6-17-11-21(22,23)12-17)7-8-19(15)20(24)14-25-13-18-4-2-3-9-26-18/h7-8,10,14,17-18,25H,2-4,9,11-13,24H2,1H3/b20-14-. The van der Waals surface area contributed by atoms with Gasteiger partial charge in [-0.2, -0.15) is 0 Å². The van der Waals surface area contributed by atoms with E-state index in [2.05, 4.69) is 17.2 Å². The summed E-state index contributed by atoms with van der Waals surface area (Å²) in [6.45, 7) is 3.57. The molecule has 1 aromatic carbocycles. The maximum absolute atomic E-state index is 12.8. The molecule has 1 aliphatic heterocycles. The molecule has 0 spiro atoms. The molecule has 3 N–H and O–H groups in total. The van der Waals surface area contributed by atoms with Gasteiger partial charge in [0.15, 0.2) is 0 Å². The number of benzene rings is 1. The van der Waals surface area contributed by atoms with Gasteiger partial charge in [-0.1, -0.05) is 17.9 Å². The summed E-state index contributed by atoms with van der Waals surface area (Å²) >= 11 is 0. The smallest absolute Gasteiger partial charge is 0.250 e. The quantitative estimate of drug-likeness (QED) is 0.803. The molecule has 1 aliphatic carbocycles. The molecule has 3 rings (SSSR count). The van der Waals surface area contributed by atoms with Crippen LogP contribution in [-0.2, 0) is 4.74 Å². The first kappa shape index (κ1) is 18.7. The van der Waals surface area contributed by atoms with Gasteiger partial charge in [-0.25, -0.2) is 8.78 Å². The van der Waals surface area contributed by atoms with E-state index in [1.54, 1.807) is 0 Å². The fraction of sp³-hybridized carbons (Fsp3) is 0.524. The molecule has 1 saturated carbocycles. The van der Waals surface area contributed by atoms with Crippen LogP contribution in [-0.4, -0.2) is 25.2 Å².